The highest BCUT2D eigenvalue weighted by Crippen LogP contribution is 2.22. The predicted octanol–water partition coefficient (Wildman–Crippen LogP) is 4.12. The van der Waals surface area contributed by atoms with Crippen molar-refractivity contribution in [2.24, 2.45) is 0 Å². The standard InChI is InChI=1S/C18H17FN2O3S2/c1-2-16-7-9-18(25-16)26(22,23)21-12-13-6-8-17(20-11-13)24-15-5-3-4-14(19)10-15/h3-11,21H,2,12H2,1H3. The highest BCUT2D eigenvalue weighted by Gasteiger charge is 2.16. The average Bonchev–Trinajstić information content (AvgIpc) is 3.11. The molecule has 0 aliphatic carbocycles. The molecule has 5 nitrogen and oxygen atoms in total. The molecule has 0 fully saturated rings. The maximum Gasteiger partial charge on any atom is 0.250 e. The Morgan fingerprint density at radius 1 is 1.19 bits per heavy atom. The fourth-order valence-corrected chi connectivity index (χ4v) is 4.53. The number of halogens is 1. The summed E-state index contributed by atoms with van der Waals surface area (Å²) in [6.45, 7) is 2.10. The SMILES string of the molecule is CCc1ccc(S(=O)(=O)NCc2ccc(Oc3cccc(F)c3)nc2)s1. The lowest BCUT2D eigenvalue weighted by molar-refractivity contribution is 0.457. The molecule has 136 valence electrons. The summed E-state index contributed by atoms with van der Waals surface area (Å²) < 4.78 is 46.0. The van der Waals surface area contributed by atoms with Gasteiger partial charge in [-0.1, -0.05) is 19.1 Å². The monoisotopic (exact) mass is 392 g/mol. The Morgan fingerprint density at radius 2 is 2.04 bits per heavy atom. The minimum Gasteiger partial charge on any atom is -0.439 e. The maximum absolute atomic E-state index is 13.1. The van der Waals surface area contributed by atoms with E-state index in [1.165, 1.54) is 29.7 Å². The highest BCUT2D eigenvalue weighted by molar-refractivity contribution is 7.91. The van der Waals surface area contributed by atoms with Gasteiger partial charge in [-0.2, -0.15) is 0 Å². The van der Waals surface area contributed by atoms with Crippen molar-refractivity contribution in [3.8, 4) is 11.6 Å². The molecule has 1 aromatic carbocycles. The summed E-state index contributed by atoms with van der Waals surface area (Å²) in [5.41, 5.74) is 0.687. The molecule has 2 heterocycles. The van der Waals surface area contributed by atoms with Gasteiger partial charge in [-0.15, -0.1) is 11.3 Å². The summed E-state index contributed by atoms with van der Waals surface area (Å²) in [6, 6.07) is 12.5. The molecule has 0 amide bonds. The zero-order chi connectivity index (χ0) is 18.6. The van der Waals surface area contributed by atoms with E-state index in [1.54, 1.807) is 30.3 Å². The molecule has 3 aromatic rings. The van der Waals surface area contributed by atoms with Gasteiger partial charge < -0.3 is 4.74 Å². The van der Waals surface area contributed by atoms with E-state index in [4.69, 9.17) is 4.74 Å². The third kappa shape index (κ3) is 4.66. The minimum absolute atomic E-state index is 0.120. The number of sulfonamides is 1. The fraction of sp³-hybridized carbons (Fsp3) is 0.167. The zero-order valence-corrected chi connectivity index (χ0v) is 15.6. The minimum atomic E-state index is -3.54. The van der Waals surface area contributed by atoms with Gasteiger partial charge in [0.25, 0.3) is 0 Å². The van der Waals surface area contributed by atoms with Crippen molar-refractivity contribution >= 4 is 21.4 Å². The molecule has 2 aromatic heterocycles. The van der Waals surface area contributed by atoms with E-state index in [1.807, 2.05) is 13.0 Å². The van der Waals surface area contributed by atoms with Gasteiger partial charge in [-0.3, -0.25) is 0 Å². The largest absolute Gasteiger partial charge is 0.439 e. The molecule has 0 unspecified atom stereocenters. The molecule has 1 N–H and O–H groups in total. The second kappa shape index (κ2) is 7.94. The summed E-state index contributed by atoms with van der Waals surface area (Å²) in [4.78, 5) is 5.14. The second-order valence-corrected chi connectivity index (χ2v) is 8.63. The van der Waals surface area contributed by atoms with Crippen LogP contribution in [0.5, 0.6) is 11.6 Å². The van der Waals surface area contributed by atoms with Gasteiger partial charge in [-0.25, -0.2) is 22.5 Å². The number of hydrogen-bond donors (Lipinski definition) is 1. The number of ether oxygens (including phenoxy) is 1. The number of benzene rings is 1. The summed E-state index contributed by atoms with van der Waals surface area (Å²) in [6.07, 6.45) is 2.32. The molecule has 0 saturated heterocycles. The Kier molecular flexibility index (Phi) is 5.65. The molecule has 0 atom stereocenters. The molecular formula is C18H17FN2O3S2. The van der Waals surface area contributed by atoms with Crippen LogP contribution in [0, 0.1) is 5.82 Å². The van der Waals surface area contributed by atoms with Crippen molar-refractivity contribution in [2.75, 3.05) is 0 Å². The van der Waals surface area contributed by atoms with Gasteiger partial charge in [0.05, 0.1) is 0 Å². The lowest BCUT2D eigenvalue weighted by atomic mass is 10.3. The third-order valence-electron chi connectivity index (χ3n) is 3.53. The quantitative estimate of drug-likeness (QED) is 0.657. The van der Waals surface area contributed by atoms with Crippen LogP contribution in [-0.4, -0.2) is 13.4 Å². The van der Waals surface area contributed by atoms with Crippen molar-refractivity contribution < 1.29 is 17.5 Å². The first kappa shape index (κ1) is 18.5. The molecule has 0 aliphatic heterocycles. The number of rotatable bonds is 7. The number of nitrogens with zero attached hydrogens (tertiary/aromatic N) is 1. The van der Waals surface area contributed by atoms with Crippen LogP contribution in [0.4, 0.5) is 4.39 Å². The van der Waals surface area contributed by atoms with Crippen LogP contribution in [0.2, 0.25) is 0 Å². The fourth-order valence-electron chi connectivity index (χ4n) is 2.17. The molecule has 26 heavy (non-hydrogen) atoms. The topological polar surface area (TPSA) is 68.3 Å². The maximum atomic E-state index is 13.1. The number of hydrogen-bond acceptors (Lipinski definition) is 5. The van der Waals surface area contributed by atoms with Gasteiger partial charge in [0.15, 0.2) is 0 Å². The molecule has 0 spiro atoms. The number of aryl methyl sites for hydroxylation is 1. The molecule has 3 rings (SSSR count). The van der Waals surface area contributed by atoms with Crippen LogP contribution < -0.4 is 9.46 Å². The van der Waals surface area contributed by atoms with Crippen molar-refractivity contribution in [2.45, 2.75) is 24.1 Å². The molecule has 0 aliphatic rings. The Balaban J connectivity index is 1.62. The summed E-state index contributed by atoms with van der Waals surface area (Å²) >= 11 is 1.26. The first-order valence-electron chi connectivity index (χ1n) is 7.93. The molecular weight excluding hydrogens is 375 g/mol. The van der Waals surface area contributed by atoms with E-state index >= 15 is 0 Å². The number of aromatic nitrogens is 1. The van der Waals surface area contributed by atoms with Crippen molar-refractivity contribution in [1.82, 2.24) is 9.71 Å². The smallest absolute Gasteiger partial charge is 0.250 e. The first-order chi connectivity index (χ1) is 12.5. The number of thiophene rings is 1. The Morgan fingerprint density at radius 3 is 2.69 bits per heavy atom. The molecule has 0 bridgehead atoms. The highest BCUT2D eigenvalue weighted by atomic mass is 32.2. The summed E-state index contributed by atoms with van der Waals surface area (Å²) in [5.74, 6) is 0.247. The van der Waals surface area contributed by atoms with Gasteiger partial charge in [-0.05, 0) is 36.2 Å². The van der Waals surface area contributed by atoms with Gasteiger partial charge in [0.2, 0.25) is 15.9 Å². The summed E-state index contributed by atoms with van der Waals surface area (Å²) in [5, 5.41) is 0. The van der Waals surface area contributed by atoms with Gasteiger partial charge >= 0.3 is 0 Å². The van der Waals surface area contributed by atoms with E-state index in [0.717, 1.165) is 11.3 Å². The van der Waals surface area contributed by atoms with Crippen LogP contribution in [-0.2, 0) is 23.0 Å². The normalized spacial score (nSPS) is 11.5. The lowest BCUT2D eigenvalue weighted by Gasteiger charge is -2.07. The van der Waals surface area contributed by atoms with E-state index in [9.17, 15) is 12.8 Å². The van der Waals surface area contributed by atoms with Crippen molar-refractivity contribution in [3.05, 3.63) is 71.0 Å². The van der Waals surface area contributed by atoms with E-state index in [0.29, 0.717) is 21.4 Å². The molecule has 8 heteroatoms. The van der Waals surface area contributed by atoms with Crippen molar-refractivity contribution in [3.63, 3.8) is 0 Å². The third-order valence-corrected chi connectivity index (χ3v) is 6.66. The second-order valence-electron chi connectivity index (χ2n) is 5.46. The Bertz CT molecular complexity index is 986. The van der Waals surface area contributed by atoms with Crippen LogP contribution in [0.1, 0.15) is 17.4 Å². The number of nitrogens with one attached hydrogen (secondary N) is 1. The van der Waals surface area contributed by atoms with Crippen LogP contribution in [0.3, 0.4) is 0 Å². The van der Waals surface area contributed by atoms with Gasteiger partial charge in [0, 0.05) is 29.8 Å². The molecule has 0 radical (unpaired) electrons. The van der Waals surface area contributed by atoms with Crippen molar-refractivity contribution in [1.29, 1.82) is 0 Å². The lowest BCUT2D eigenvalue weighted by Crippen LogP contribution is -2.22. The summed E-state index contributed by atoms with van der Waals surface area (Å²) in [7, 11) is -3.54. The Hall–Kier alpha value is -2.29. The van der Waals surface area contributed by atoms with Crippen LogP contribution >= 0.6 is 11.3 Å². The number of pyridine rings is 1. The molecule has 0 saturated carbocycles. The Labute approximate surface area is 155 Å². The average molecular weight is 392 g/mol. The van der Waals surface area contributed by atoms with Crippen LogP contribution in [0.25, 0.3) is 0 Å². The van der Waals surface area contributed by atoms with E-state index in [2.05, 4.69) is 9.71 Å². The van der Waals surface area contributed by atoms with Crippen LogP contribution in [0.15, 0.2) is 58.9 Å². The van der Waals surface area contributed by atoms with E-state index < -0.39 is 15.8 Å². The predicted molar refractivity (Wildman–Crippen MR) is 98.4 cm³/mol. The zero-order valence-electron chi connectivity index (χ0n) is 14.0. The van der Waals surface area contributed by atoms with E-state index in [-0.39, 0.29) is 6.54 Å². The van der Waals surface area contributed by atoms with Gasteiger partial charge in [0.1, 0.15) is 15.8 Å². The first-order valence-corrected chi connectivity index (χ1v) is 10.2.